The minimum atomic E-state index is -0.317. The van der Waals surface area contributed by atoms with Crippen molar-refractivity contribution in [1.82, 2.24) is 14.5 Å². The molecule has 1 aromatic carbocycles. The molecule has 0 saturated heterocycles. The van der Waals surface area contributed by atoms with E-state index in [1.165, 1.54) is 13.1 Å². The molecule has 0 atom stereocenters. The molecule has 2 N–H and O–H groups in total. The summed E-state index contributed by atoms with van der Waals surface area (Å²) < 4.78 is 7.67. The van der Waals surface area contributed by atoms with Crippen LogP contribution in [0.3, 0.4) is 0 Å². The van der Waals surface area contributed by atoms with Crippen molar-refractivity contribution < 1.29 is 9.53 Å². The molecule has 148 valence electrons. The van der Waals surface area contributed by atoms with E-state index in [1.807, 2.05) is 47.9 Å². The Morgan fingerprint density at radius 3 is 2.62 bits per heavy atom. The maximum atomic E-state index is 11.0. The van der Waals surface area contributed by atoms with Crippen molar-refractivity contribution in [1.29, 1.82) is 0 Å². The van der Waals surface area contributed by atoms with Crippen LogP contribution >= 0.6 is 15.9 Å². The van der Waals surface area contributed by atoms with Gasteiger partial charge in [0.25, 0.3) is 0 Å². The Balaban J connectivity index is 2.14. The smallest absolute Gasteiger partial charge is 0.302 e. The maximum absolute atomic E-state index is 11.0. The number of aliphatic imine (C=N–C) groups is 1. The number of carbonyl (C=O) groups excluding carboxylic acids is 1. The summed E-state index contributed by atoms with van der Waals surface area (Å²) in [5.74, 6) is 0.659. The van der Waals surface area contributed by atoms with E-state index in [0.29, 0.717) is 27.5 Å². The van der Waals surface area contributed by atoms with Gasteiger partial charge in [-0.25, -0.2) is 15.0 Å². The van der Waals surface area contributed by atoms with E-state index < -0.39 is 0 Å². The van der Waals surface area contributed by atoms with Crippen molar-refractivity contribution >= 4 is 44.9 Å². The third-order valence-corrected chi connectivity index (χ3v) is 4.59. The molecule has 2 heterocycles. The van der Waals surface area contributed by atoms with E-state index in [1.54, 1.807) is 6.08 Å². The quantitative estimate of drug-likeness (QED) is 0.343. The summed E-state index contributed by atoms with van der Waals surface area (Å²) in [6.45, 7) is 7.08. The number of carbonyl (C=O) groups is 1. The van der Waals surface area contributed by atoms with E-state index in [4.69, 9.17) is 15.5 Å². The standard InChI is InChI=1S/C21H20BrN5O2/c1-4-11-24-19(23)13(2)20-25-17-9-10-18(22)26-21(17)27(20)16-7-5-15(6-8-16)12-29-14(3)28/h4-11H,1,12,23H2,2-3H3/b19-13+,24-11-. The van der Waals surface area contributed by atoms with Gasteiger partial charge in [0.1, 0.15) is 28.4 Å². The van der Waals surface area contributed by atoms with Crippen molar-refractivity contribution in [2.24, 2.45) is 10.7 Å². The zero-order valence-electron chi connectivity index (χ0n) is 16.1. The van der Waals surface area contributed by atoms with Crippen molar-refractivity contribution in [3.8, 4) is 5.69 Å². The Morgan fingerprint density at radius 1 is 1.24 bits per heavy atom. The van der Waals surface area contributed by atoms with E-state index in [9.17, 15) is 4.79 Å². The van der Waals surface area contributed by atoms with Gasteiger partial charge in [0.2, 0.25) is 0 Å². The van der Waals surface area contributed by atoms with Crippen LogP contribution in [0, 0.1) is 0 Å². The number of esters is 1. The zero-order chi connectivity index (χ0) is 21.0. The number of allylic oxidation sites excluding steroid dienone is 2. The Hall–Kier alpha value is -3.26. The number of hydrogen-bond acceptors (Lipinski definition) is 6. The Labute approximate surface area is 176 Å². The normalized spacial score (nSPS) is 12.2. The number of rotatable bonds is 6. The minimum absolute atomic E-state index is 0.221. The lowest BCUT2D eigenvalue weighted by Gasteiger charge is -2.11. The number of pyridine rings is 1. The van der Waals surface area contributed by atoms with Crippen LogP contribution in [0.2, 0.25) is 0 Å². The molecule has 7 nitrogen and oxygen atoms in total. The van der Waals surface area contributed by atoms with Crippen LogP contribution < -0.4 is 5.73 Å². The van der Waals surface area contributed by atoms with E-state index in [-0.39, 0.29) is 12.6 Å². The number of nitrogens with two attached hydrogens (primary N) is 1. The SMILES string of the molecule is C=C/C=N\C(N)=C(/C)c1nc2ccc(Br)nc2n1-c1ccc(COC(C)=O)cc1. The zero-order valence-corrected chi connectivity index (χ0v) is 17.7. The lowest BCUT2D eigenvalue weighted by atomic mass is 10.2. The second kappa shape index (κ2) is 8.83. The average Bonchev–Trinajstić information content (AvgIpc) is 3.08. The molecule has 3 rings (SSSR count). The summed E-state index contributed by atoms with van der Waals surface area (Å²) in [7, 11) is 0. The molecule has 0 amide bonds. The van der Waals surface area contributed by atoms with Gasteiger partial charge in [-0.2, -0.15) is 0 Å². The van der Waals surface area contributed by atoms with Crippen LogP contribution in [-0.4, -0.2) is 26.7 Å². The predicted octanol–water partition coefficient (Wildman–Crippen LogP) is 4.15. The van der Waals surface area contributed by atoms with E-state index >= 15 is 0 Å². The van der Waals surface area contributed by atoms with Crippen molar-refractivity contribution in [3.05, 3.63) is 70.9 Å². The minimum Gasteiger partial charge on any atom is -0.461 e. The molecule has 2 aromatic heterocycles. The van der Waals surface area contributed by atoms with Gasteiger partial charge in [-0.05, 0) is 52.7 Å². The van der Waals surface area contributed by atoms with Crippen LogP contribution in [0.15, 0.2) is 64.5 Å². The fourth-order valence-electron chi connectivity index (χ4n) is 2.70. The number of benzene rings is 1. The monoisotopic (exact) mass is 453 g/mol. The Bertz CT molecular complexity index is 1130. The molecule has 3 aromatic rings. The first-order valence-corrected chi connectivity index (χ1v) is 9.59. The molecule has 0 saturated carbocycles. The lowest BCUT2D eigenvalue weighted by molar-refractivity contribution is -0.142. The van der Waals surface area contributed by atoms with E-state index in [2.05, 4.69) is 32.5 Å². The Morgan fingerprint density at radius 2 is 1.97 bits per heavy atom. The largest absolute Gasteiger partial charge is 0.461 e. The first-order valence-electron chi connectivity index (χ1n) is 8.80. The van der Waals surface area contributed by atoms with Gasteiger partial charge < -0.3 is 10.5 Å². The molecule has 0 spiro atoms. The van der Waals surface area contributed by atoms with Crippen molar-refractivity contribution in [2.75, 3.05) is 0 Å². The van der Waals surface area contributed by atoms with Gasteiger partial charge in [-0.15, -0.1) is 0 Å². The topological polar surface area (TPSA) is 95.4 Å². The summed E-state index contributed by atoms with van der Waals surface area (Å²) in [6.07, 6.45) is 3.09. The third-order valence-electron chi connectivity index (χ3n) is 4.15. The van der Waals surface area contributed by atoms with Gasteiger partial charge in [-0.1, -0.05) is 24.8 Å². The van der Waals surface area contributed by atoms with E-state index in [0.717, 1.165) is 16.8 Å². The fraction of sp³-hybridized carbons (Fsp3) is 0.143. The summed E-state index contributed by atoms with van der Waals surface area (Å²) >= 11 is 3.42. The second-order valence-corrected chi connectivity index (χ2v) is 7.03. The average molecular weight is 454 g/mol. The lowest BCUT2D eigenvalue weighted by Crippen LogP contribution is -2.06. The molecule has 0 radical (unpaired) electrons. The van der Waals surface area contributed by atoms with Crippen LogP contribution in [0.1, 0.15) is 25.2 Å². The highest BCUT2D eigenvalue weighted by molar-refractivity contribution is 9.10. The van der Waals surface area contributed by atoms with Gasteiger partial charge in [-0.3, -0.25) is 9.36 Å². The molecular formula is C21H20BrN5O2. The summed E-state index contributed by atoms with van der Waals surface area (Å²) in [5, 5.41) is 0. The number of fused-ring (bicyclic) bond motifs is 1. The van der Waals surface area contributed by atoms with Crippen LogP contribution in [0.25, 0.3) is 22.4 Å². The van der Waals surface area contributed by atoms with Crippen LogP contribution in [0.5, 0.6) is 0 Å². The predicted molar refractivity (Wildman–Crippen MR) is 118 cm³/mol. The highest BCUT2D eigenvalue weighted by Crippen LogP contribution is 2.27. The number of aromatic nitrogens is 3. The molecule has 0 unspecified atom stereocenters. The third kappa shape index (κ3) is 4.60. The van der Waals surface area contributed by atoms with Crippen LogP contribution in [0.4, 0.5) is 0 Å². The summed E-state index contributed by atoms with van der Waals surface area (Å²) in [5.41, 5.74) is 9.98. The fourth-order valence-corrected chi connectivity index (χ4v) is 3.00. The molecule has 0 fully saturated rings. The molecule has 0 aliphatic carbocycles. The summed E-state index contributed by atoms with van der Waals surface area (Å²) in [4.78, 5) is 24.5. The number of nitrogens with zero attached hydrogens (tertiary/aromatic N) is 4. The molecule has 29 heavy (non-hydrogen) atoms. The van der Waals surface area contributed by atoms with Gasteiger partial charge in [0.15, 0.2) is 5.65 Å². The van der Waals surface area contributed by atoms with Crippen molar-refractivity contribution in [2.45, 2.75) is 20.5 Å². The molecular weight excluding hydrogens is 434 g/mol. The van der Waals surface area contributed by atoms with Crippen molar-refractivity contribution in [3.63, 3.8) is 0 Å². The number of imidazole rings is 1. The van der Waals surface area contributed by atoms with Gasteiger partial charge in [0, 0.05) is 24.4 Å². The van der Waals surface area contributed by atoms with Crippen LogP contribution in [-0.2, 0) is 16.1 Å². The first kappa shape index (κ1) is 20.5. The molecule has 0 aliphatic heterocycles. The van der Waals surface area contributed by atoms with Gasteiger partial charge >= 0.3 is 5.97 Å². The second-order valence-electron chi connectivity index (χ2n) is 6.22. The highest BCUT2D eigenvalue weighted by atomic mass is 79.9. The number of halogens is 1. The first-order chi connectivity index (χ1) is 13.9. The number of hydrogen-bond donors (Lipinski definition) is 1. The molecule has 8 heteroatoms. The van der Waals surface area contributed by atoms with Gasteiger partial charge in [0.05, 0.1) is 0 Å². The molecule has 0 bridgehead atoms. The summed E-state index contributed by atoms with van der Waals surface area (Å²) in [6, 6.07) is 11.3. The highest BCUT2D eigenvalue weighted by Gasteiger charge is 2.17. The molecule has 0 aliphatic rings. The number of ether oxygens (including phenoxy) is 1. The maximum Gasteiger partial charge on any atom is 0.302 e. The Kier molecular flexibility index (Phi) is 6.23.